The van der Waals surface area contributed by atoms with Crippen LogP contribution in [0.5, 0.6) is 5.75 Å². The van der Waals surface area contributed by atoms with Gasteiger partial charge >= 0.3 is 5.97 Å². The summed E-state index contributed by atoms with van der Waals surface area (Å²) in [6.45, 7) is 1.86. The van der Waals surface area contributed by atoms with Crippen LogP contribution in [-0.2, 0) is 9.53 Å². The number of halogens is 1. The number of carbonyl (C=O) groups excluding carboxylic acids is 1. The molecule has 0 spiro atoms. The average Bonchev–Trinajstić information content (AvgIpc) is 2.92. The minimum absolute atomic E-state index is 0.00632. The van der Waals surface area contributed by atoms with Crippen molar-refractivity contribution in [1.82, 2.24) is 0 Å². The number of aromatic hydroxyl groups is 1. The first-order chi connectivity index (χ1) is 13.0. The third kappa shape index (κ3) is 4.35. The van der Waals surface area contributed by atoms with E-state index in [0.29, 0.717) is 26.2 Å². The van der Waals surface area contributed by atoms with Crippen molar-refractivity contribution in [2.75, 3.05) is 6.61 Å². The van der Waals surface area contributed by atoms with Gasteiger partial charge in [-0.15, -0.1) is 0 Å². The first-order valence-electron chi connectivity index (χ1n) is 8.12. The van der Waals surface area contributed by atoms with Crippen LogP contribution in [0, 0.1) is 0 Å². The van der Waals surface area contributed by atoms with Crippen LogP contribution in [0.3, 0.4) is 0 Å². The van der Waals surface area contributed by atoms with Crippen LogP contribution in [-0.4, -0.2) is 27.8 Å². The van der Waals surface area contributed by atoms with Gasteiger partial charge < -0.3 is 14.9 Å². The zero-order valence-corrected chi connectivity index (χ0v) is 15.9. The smallest absolute Gasteiger partial charge is 0.344 e. The molecule has 138 valence electrons. The van der Waals surface area contributed by atoms with E-state index in [2.05, 4.69) is 4.99 Å². The Morgan fingerprint density at radius 3 is 2.70 bits per heavy atom. The molecule has 7 heteroatoms. The summed E-state index contributed by atoms with van der Waals surface area (Å²) < 4.78 is 5.06. The van der Waals surface area contributed by atoms with Crippen molar-refractivity contribution in [1.29, 1.82) is 0 Å². The molecule has 0 aliphatic carbocycles. The van der Waals surface area contributed by atoms with E-state index < -0.39 is 5.97 Å². The highest BCUT2D eigenvalue weighted by atomic mass is 35.5. The lowest BCUT2D eigenvalue weighted by atomic mass is 10.1. The first-order valence-corrected chi connectivity index (χ1v) is 9.32. The highest BCUT2D eigenvalue weighted by molar-refractivity contribution is 8.18. The van der Waals surface area contributed by atoms with E-state index in [1.54, 1.807) is 61.5 Å². The minimum Gasteiger partial charge on any atom is -0.508 e. The maximum absolute atomic E-state index is 12.4. The van der Waals surface area contributed by atoms with Gasteiger partial charge in [-0.25, -0.2) is 9.79 Å². The molecule has 0 radical (unpaired) electrons. The quantitative estimate of drug-likeness (QED) is 0.685. The van der Waals surface area contributed by atoms with Gasteiger partial charge in [0.05, 0.1) is 22.2 Å². The molecule has 0 saturated carbocycles. The van der Waals surface area contributed by atoms with Crippen LogP contribution in [0.1, 0.15) is 12.5 Å². The molecule has 27 heavy (non-hydrogen) atoms. The standard InChI is InChI=1S/C20H16ClNO4S/c1-2-26-20(25)17-18(24)16(11-12-6-5-7-13(23)10-12)27-19(17)22-15-9-4-3-8-14(15)21/h3-11,23-24H,2H2,1H3/b16-11+,22-19?. The Kier molecular flexibility index (Phi) is 5.88. The van der Waals surface area contributed by atoms with Gasteiger partial charge in [0.2, 0.25) is 0 Å². The topological polar surface area (TPSA) is 79.1 Å². The van der Waals surface area contributed by atoms with E-state index in [0.717, 1.165) is 11.8 Å². The number of aliphatic hydroxyl groups excluding tert-OH is 1. The molecule has 0 fully saturated rings. The fraction of sp³-hybridized carbons (Fsp3) is 0.100. The van der Waals surface area contributed by atoms with Crippen LogP contribution in [0.4, 0.5) is 5.69 Å². The van der Waals surface area contributed by atoms with Crippen LogP contribution < -0.4 is 0 Å². The predicted octanol–water partition coefficient (Wildman–Crippen LogP) is 5.24. The maximum Gasteiger partial charge on any atom is 0.344 e. The summed E-state index contributed by atoms with van der Waals surface area (Å²) in [6.07, 6.45) is 1.66. The lowest BCUT2D eigenvalue weighted by Gasteiger charge is -2.04. The predicted molar refractivity (Wildman–Crippen MR) is 109 cm³/mol. The average molecular weight is 402 g/mol. The number of rotatable bonds is 4. The summed E-state index contributed by atoms with van der Waals surface area (Å²) in [5.74, 6) is -0.772. The zero-order chi connectivity index (χ0) is 19.4. The summed E-state index contributed by atoms with van der Waals surface area (Å²) in [5.41, 5.74) is 1.15. The van der Waals surface area contributed by atoms with Crippen molar-refractivity contribution in [2.45, 2.75) is 6.92 Å². The van der Waals surface area contributed by atoms with E-state index in [9.17, 15) is 15.0 Å². The van der Waals surface area contributed by atoms with Crippen LogP contribution in [0.15, 0.2) is 69.8 Å². The van der Waals surface area contributed by atoms with Gasteiger partial charge in [0.25, 0.3) is 0 Å². The first kappa shape index (κ1) is 19.1. The van der Waals surface area contributed by atoms with E-state index >= 15 is 0 Å². The number of aliphatic imine (C=N–C) groups is 1. The Labute approximate surface area is 165 Å². The molecule has 3 rings (SSSR count). The van der Waals surface area contributed by atoms with Gasteiger partial charge in [-0.2, -0.15) is 0 Å². The van der Waals surface area contributed by atoms with Crippen molar-refractivity contribution >= 4 is 46.1 Å². The summed E-state index contributed by atoms with van der Waals surface area (Å²) in [7, 11) is 0. The molecule has 1 heterocycles. The molecule has 2 N–H and O–H groups in total. The fourth-order valence-electron chi connectivity index (χ4n) is 2.41. The number of ether oxygens (including phenoxy) is 1. The molecule has 0 saturated heterocycles. The molecule has 2 aromatic rings. The third-order valence-electron chi connectivity index (χ3n) is 3.61. The van der Waals surface area contributed by atoms with Crippen molar-refractivity contribution in [2.24, 2.45) is 4.99 Å². The molecule has 0 atom stereocenters. The van der Waals surface area contributed by atoms with Gasteiger partial charge in [-0.1, -0.05) is 47.6 Å². The normalized spacial score (nSPS) is 17.0. The number of thioether (sulfide) groups is 1. The highest BCUT2D eigenvalue weighted by Crippen LogP contribution is 2.41. The number of aliphatic hydroxyl groups is 1. The van der Waals surface area contributed by atoms with E-state index in [4.69, 9.17) is 16.3 Å². The van der Waals surface area contributed by atoms with Gasteiger partial charge in [0.1, 0.15) is 22.1 Å². The van der Waals surface area contributed by atoms with Gasteiger partial charge in [-0.3, -0.25) is 0 Å². The highest BCUT2D eigenvalue weighted by Gasteiger charge is 2.33. The molecule has 1 aliphatic rings. The largest absolute Gasteiger partial charge is 0.508 e. The number of para-hydroxylation sites is 1. The van der Waals surface area contributed by atoms with Gasteiger partial charge in [0.15, 0.2) is 0 Å². The minimum atomic E-state index is -0.660. The monoisotopic (exact) mass is 401 g/mol. The van der Waals surface area contributed by atoms with Gasteiger partial charge in [-0.05, 0) is 42.8 Å². The molecule has 2 aromatic carbocycles. The Morgan fingerprint density at radius 2 is 2.00 bits per heavy atom. The van der Waals surface area contributed by atoms with Crippen LogP contribution in [0.2, 0.25) is 5.02 Å². The Hall–Kier alpha value is -2.70. The second-order valence-corrected chi connectivity index (χ2v) is 6.96. The number of hydrogen-bond donors (Lipinski definition) is 2. The lowest BCUT2D eigenvalue weighted by molar-refractivity contribution is -0.138. The van der Waals surface area contributed by atoms with Crippen molar-refractivity contribution in [3.8, 4) is 5.75 Å². The summed E-state index contributed by atoms with van der Waals surface area (Å²) in [4.78, 5) is 17.2. The maximum atomic E-state index is 12.4. The van der Waals surface area contributed by atoms with E-state index in [1.165, 1.54) is 0 Å². The molecule has 0 amide bonds. The molecular weight excluding hydrogens is 386 g/mol. The van der Waals surface area contributed by atoms with Crippen LogP contribution in [0.25, 0.3) is 6.08 Å². The molecular formula is C20H16ClNO4S. The lowest BCUT2D eigenvalue weighted by Crippen LogP contribution is -2.12. The number of esters is 1. The van der Waals surface area contributed by atoms with Gasteiger partial charge in [0, 0.05) is 0 Å². The number of phenolic OH excluding ortho intramolecular Hbond substituents is 1. The molecule has 5 nitrogen and oxygen atoms in total. The number of benzene rings is 2. The number of phenols is 1. The Balaban J connectivity index is 2.07. The van der Waals surface area contributed by atoms with Crippen molar-refractivity contribution < 1.29 is 19.7 Å². The summed E-state index contributed by atoms with van der Waals surface area (Å²) in [5, 5.41) is 21.0. The third-order valence-corrected chi connectivity index (χ3v) is 4.95. The fourth-order valence-corrected chi connectivity index (χ4v) is 3.62. The summed E-state index contributed by atoms with van der Waals surface area (Å²) >= 11 is 7.29. The SMILES string of the molecule is CCOC(=O)C1=C(O)/C(=C\c2cccc(O)c2)SC1=Nc1ccccc1Cl. The number of carbonyl (C=O) groups is 1. The number of nitrogens with zero attached hydrogens (tertiary/aromatic N) is 1. The summed E-state index contributed by atoms with van der Waals surface area (Å²) in [6, 6.07) is 13.5. The second-order valence-electron chi connectivity index (χ2n) is 5.52. The van der Waals surface area contributed by atoms with E-state index in [1.807, 2.05) is 0 Å². The Bertz CT molecular complexity index is 981. The molecule has 0 unspecified atom stereocenters. The molecule has 0 bridgehead atoms. The van der Waals surface area contributed by atoms with Crippen molar-refractivity contribution in [3.05, 3.63) is 75.4 Å². The second kappa shape index (κ2) is 8.33. The van der Waals surface area contributed by atoms with Crippen molar-refractivity contribution in [3.63, 3.8) is 0 Å². The zero-order valence-electron chi connectivity index (χ0n) is 14.3. The Morgan fingerprint density at radius 1 is 1.22 bits per heavy atom. The molecule has 0 aromatic heterocycles. The van der Waals surface area contributed by atoms with E-state index in [-0.39, 0.29) is 23.7 Å². The number of hydrogen-bond acceptors (Lipinski definition) is 6. The molecule has 1 aliphatic heterocycles. The van der Waals surface area contributed by atoms with Crippen LogP contribution >= 0.6 is 23.4 Å².